The maximum absolute atomic E-state index is 5.59. The van der Waals surface area contributed by atoms with E-state index in [1.807, 2.05) is 0 Å². The summed E-state index contributed by atoms with van der Waals surface area (Å²) >= 11 is 0. The third kappa shape index (κ3) is 1.55. The Bertz CT molecular complexity index is 314. The van der Waals surface area contributed by atoms with Crippen molar-refractivity contribution in [3.8, 4) is 0 Å². The molecule has 2 fully saturated rings. The molecule has 4 heteroatoms. The van der Waals surface area contributed by atoms with Crippen molar-refractivity contribution >= 4 is 0 Å². The van der Waals surface area contributed by atoms with Gasteiger partial charge in [-0.15, -0.1) is 0 Å². The van der Waals surface area contributed by atoms with Gasteiger partial charge in [0.2, 0.25) is 0 Å². The molecule has 1 aromatic rings. The van der Waals surface area contributed by atoms with Gasteiger partial charge in [0, 0.05) is 25.1 Å². The molecule has 1 saturated heterocycles. The van der Waals surface area contributed by atoms with Gasteiger partial charge in [0.25, 0.3) is 0 Å². The molecule has 76 valence electrons. The molecular formula is C10H14N2O2. The Balaban J connectivity index is 1.74. The average molecular weight is 194 g/mol. The summed E-state index contributed by atoms with van der Waals surface area (Å²) in [5.41, 5.74) is 0.944. The molecule has 1 N–H and O–H groups in total. The highest BCUT2D eigenvalue weighted by molar-refractivity contribution is 5.16. The van der Waals surface area contributed by atoms with E-state index in [9.17, 15) is 0 Å². The first-order valence-corrected chi connectivity index (χ1v) is 5.22. The van der Waals surface area contributed by atoms with E-state index in [1.54, 1.807) is 0 Å². The number of aromatic nitrogens is 1. The minimum absolute atomic E-state index is 0.0833. The molecule has 1 unspecified atom stereocenters. The monoisotopic (exact) mass is 194 g/mol. The van der Waals surface area contributed by atoms with Crippen LogP contribution in [-0.2, 0) is 4.74 Å². The van der Waals surface area contributed by atoms with Crippen LogP contribution in [0.25, 0.3) is 0 Å². The summed E-state index contributed by atoms with van der Waals surface area (Å²) in [6.45, 7) is 2.54. The third-order valence-corrected chi connectivity index (χ3v) is 2.78. The molecule has 0 radical (unpaired) electrons. The molecule has 1 saturated carbocycles. The largest absolute Gasteiger partial charge is 0.369 e. The van der Waals surface area contributed by atoms with Crippen LogP contribution in [0.5, 0.6) is 0 Å². The zero-order valence-electron chi connectivity index (χ0n) is 8.03. The summed E-state index contributed by atoms with van der Waals surface area (Å²) in [5.74, 6) is 1.67. The smallest absolute Gasteiger partial charge is 0.140 e. The first kappa shape index (κ1) is 8.44. The molecule has 0 spiro atoms. The third-order valence-electron chi connectivity index (χ3n) is 2.78. The van der Waals surface area contributed by atoms with Crippen molar-refractivity contribution in [2.45, 2.75) is 24.9 Å². The summed E-state index contributed by atoms with van der Waals surface area (Å²) < 4.78 is 10.9. The molecule has 0 bridgehead atoms. The van der Waals surface area contributed by atoms with Gasteiger partial charge in [0.15, 0.2) is 0 Å². The van der Waals surface area contributed by atoms with Crippen LogP contribution in [0.3, 0.4) is 0 Å². The van der Waals surface area contributed by atoms with Gasteiger partial charge >= 0.3 is 0 Å². The zero-order valence-corrected chi connectivity index (χ0v) is 8.03. The van der Waals surface area contributed by atoms with Crippen LogP contribution in [0.4, 0.5) is 0 Å². The van der Waals surface area contributed by atoms with E-state index in [2.05, 4.69) is 16.5 Å². The highest BCUT2D eigenvalue weighted by atomic mass is 16.5. The van der Waals surface area contributed by atoms with E-state index >= 15 is 0 Å². The first-order chi connectivity index (χ1) is 6.93. The Hall–Kier alpha value is -0.870. The van der Waals surface area contributed by atoms with Crippen molar-refractivity contribution in [3.05, 3.63) is 17.5 Å². The summed E-state index contributed by atoms with van der Waals surface area (Å²) in [6, 6.07) is 2.05. The first-order valence-electron chi connectivity index (χ1n) is 5.22. The van der Waals surface area contributed by atoms with Crippen LogP contribution in [0.2, 0.25) is 0 Å². The van der Waals surface area contributed by atoms with Gasteiger partial charge in [-0.05, 0) is 12.8 Å². The van der Waals surface area contributed by atoms with E-state index in [0.29, 0.717) is 5.92 Å². The summed E-state index contributed by atoms with van der Waals surface area (Å²) in [4.78, 5) is 0. The predicted molar refractivity (Wildman–Crippen MR) is 50.0 cm³/mol. The summed E-state index contributed by atoms with van der Waals surface area (Å²) in [7, 11) is 0. The van der Waals surface area contributed by atoms with E-state index in [0.717, 1.165) is 31.2 Å². The minimum Gasteiger partial charge on any atom is -0.369 e. The molecule has 1 aromatic heterocycles. The van der Waals surface area contributed by atoms with Crippen LogP contribution in [0, 0.1) is 0 Å². The van der Waals surface area contributed by atoms with Gasteiger partial charge in [0.1, 0.15) is 17.6 Å². The Morgan fingerprint density at radius 2 is 2.36 bits per heavy atom. The molecule has 2 aliphatic rings. The van der Waals surface area contributed by atoms with Crippen LogP contribution in [0.1, 0.15) is 36.3 Å². The standard InChI is InChI=1S/C10H14N2O2/c1-2-7(1)9-5-8(12-14-9)10-6-11-3-4-13-10/h5,7,10-11H,1-4,6H2. The number of nitrogens with zero attached hydrogens (tertiary/aromatic N) is 1. The topological polar surface area (TPSA) is 47.3 Å². The second kappa shape index (κ2) is 3.37. The van der Waals surface area contributed by atoms with Crippen LogP contribution in [0.15, 0.2) is 10.6 Å². The number of morpholine rings is 1. The van der Waals surface area contributed by atoms with E-state index in [1.165, 1.54) is 12.8 Å². The fourth-order valence-corrected chi connectivity index (χ4v) is 1.77. The predicted octanol–water partition coefficient (Wildman–Crippen LogP) is 1.21. The SMILES string of the molecule is c1c(C2CNCCO2)noc1C1CC1. The fraction of sp³-hybridized carbons (Fsp3) is 0.700. The lowest BCUT2D eigenvalue weighted by molar-refractivity contribution is 0.0231. The van der Waals surface area contributed by atoms with Crippen molar-refractivity contribution < 1.29 is 9.26 Å². The lowest BCUT2D eigenvalue weighted by Crippen LogP contribution is -2.33. The Kier molecular flexibility index (Phi) is 2.03. The normalized spacial score (nSPS) is 27.9. The molecule has 1 aliphatic carbocycles. The molecule has 3 rings (SSSR count). The molecule has 0 aromatic carbocycles. The summed E-state index contributed by atoms with van der Waals surface area (Å²) in [5, 5.41) is 7.34. The molecule has 1 aliphatic heterocycles. The zero-order chi connectivity index (χ0) is 9.38. The highest BCUT2D eigenvalue weighted by Gasteiger charge is 2.29. The lowest BCUT2D eigenvalue weighted by atomic mass is 10.2. The quantitative estimate of drug-likeness (QED) is 0.768. The van der Waals surface area contributed by atoms with Crippen molar-refractivity contribution in [3.63, 3.8) is 0 Å². The number of ether oxygens (including phenoxy) is 1. The van der Waals surface area contributed by atoms with E-state index < -0.39 is 0 Å². The second-order valence-corrected chi connectivity index (χ2v) is 3.99. The molecule has 14 heavy (non-hydrogen) atoms. The van der Waals surface area contributed by atoms with Crippen LogP contribution >= 0.6 is 0 Å². The van der Waals surface area contributed by atoms with Gasteiger partial charge in [-0.3, -0.25) is 0 Å². The second-order valence-electron chi connectivity index (χ2n) is 3.99. The molecule has 4 nitrogen and oxygen atoms in total. The van der Waals surface area contributed by atoms with Crippen molar-refractivity contribution in [1.82, 2.24) is 10.5 Å². The Labute approximate surface area is 82.6 Å². The van der Waals surface area contributed by atoms with Gasteiger partial charge < -0.3 is 14.6 Å². The highest BCUT2D eigenvalue weighted by Crippen LogP contribution is 2.40. The minimum atomic E-state index is 0.0833. The van der Waals surface area contributed by atoms with Gasteiger partial charge in [-0.25, -0.2) is 0 Å². The Morgan fingerprint density at radius 3 is 3.07 bits per heavy atom. The van der Waals surface area contributed by atoms with Crippen molar-refractivity contribution in [2.24, 2.45) is 0 Å². The summed E-state index contributed by atoms with van der Waals surface area (Å²) in [6.07, 6.45) is 2.58. The number of hydrogen-bond acceptors (Lipinski definition) is 4. The molecule has 0 amide bonds. The number of rotatable bonds is 2. The fourth-order valence-electron chi connectivity index (χ4n) is 1.77. The Morgan fingerprint density at radius 1 is 1.43 bits per heavy atom. The lowest BCUT2D eigenvalue weighted by Gasteiger charge is -2.21. The van der Waals surface area contributed by atoms with E-state index in [-0.39, 0.29) is 6.10 Å². The maximum atomic E-state index is 5.59. The van der Waals surface area contributed by atoms with Gasteiger partial charge in [0.05, 0.1) is 6.61 Å². The van der Waals surface area contributed by atoms with E-state index in [4.69, 9.17) is 9.26 Å². The van der Waals surface area contributed by atoms with Gasteiger partial charge in [-0.1, -0.05) is 5.16 Å². The number of nitrogens with one attached hydrogen (secondary N) is 1. The van der Waals surface area contributed by atoms with Crippen molar-refractivity contribution in [2.75, 3.05) is 19.7 Å². The van der Waals surface area contributed by atoms with Crippen molar-refractivity contribution in [1.29, 1.82) is 0 Å². The van der Waals surface area contributed by atoms with Gasteiger partial charge in [-0.2, -0.15) is 0 Å². The molecular weight excluding hydrogens is 180 g/mol. The number of hydrogen-bond donors (Lipinski definition) is 1. The maximum Gasteiger partial charge on any atom is 0.140 e. The van der Waals surface area contributed by atoms with Crippen LogP contribution < -0.4 is 5.32 Å². The molecule has 2 heterocycles. The van der Waals surface area contributed by atoms with Crippen LogP contribution in [-0.4, -0.2) is 24.9 Å². The molecule has 1 atom stereocenters. The average Bonchev–Trinajstić information content (AvgIpc) is 2.98.